The molecule has 4 nitrogen and oxygen atoms in total. The van der Waals surface area contributed by atoms with E-state index in [2.05, 4.69) is 26.5 Å². The van der Waals surface area contributed by atoms with Crippen LogP contribution in [-0.4, -0.2) is 24.0 Å². The van der Waals surface area contributed by atoms with Gasteiger partial charge in [0.2, 0.25) is 0 Å². The van der Waals surface area contributed by atoms with E-state index in [1.54, 1.807) is 19.2 Å². The second-order valence-corrected chi connectivity index (χ2v) is 7.94. The smallest absolute Gasteiger partial charge is 0.253 e. The third-order valence-electron chi connectivity index (χ3n) is 3.40. The number of benzene rings is 2. The predicted octanol–water partition coefficient (Wildman–Crippen LogP) is 5.13. The second-order valence-electron chi connectivity index (χ2n) is 5.24. The quantitative estimate of drug-likeness (QED) is 0.384. The van der Waals surface area contributed by atoms with E-state index in [0.29, 0.717) is 10.7 Å². The second kappa shape index (κ2) is 9.27. The number of carbonyl (C=O) groups is 1. The Morgan fingerprint density at radius 2 is 1.96 bits per heavy atom. The molecule has 0 radical (unpaired) electrons. The Bertz CT molecular complexity index is 781. The molecule has 0 spiro atoms. The fourth-order valence-electron chi connectivity index (χ4n) is 1.96. The lowest BCUT2D eigenvalue weighted by molar-refractivity contribution is -0.120. The molecule has 0 saturated carbocycles. The van der Waals surface area contributed by atoms with Crippen LogP contribution in [0.25, 0.3) is 0 Å². The molecular weight excluding hydrogens is 424 g/mol. The highest BCUT2D eigenvalue weighted by atomic mass is 79.9. The topological polar surface area (TPSA) is 50.7 Å². The van der Waals surface area contributed by atoms with Crippen molar-refractivity contribution in [2.75, 3.05) is 7.11 Å². The number of halogens is 2. The van der Waals surface area contributed by atoms with Crippen LogP contribution in [0.2, 0.25) is 5.02 Å². The van der Waals surface area contributed by atoms with Crippen LogP contribution in [0.1, 0.15) is 19.4 Å². The lowest BCUT2D eigenvalue weighted by atomic mass is 10.1. The van der Waals surface area contributed by atoms with Gasteiger partial charge in [-0.2, -0.15) is 5.10 Å². The first kappa shape index (κ1) is 19.8. The van der Waals surface area contributed by atoms with Gasteiger partial charge in [0.1, 0.15) is 5.75 Å². The summed E-state index contributed by atoms with van der Waals surface area (Å²) in [6.07, 6.45) is 0. The number of ether oxygens (including phenoxy) is 1. The summed E-state index contributed by atoms with van der Waals surface area (Å²) in [6, 6.07) is 13.0. The third-order valence-corrected chi connectivity index (χ3v) is 5.38. The molecule has 0 bridgehead atoms. The number of nitrogens with zero attached hydrogens (tertiary/aromatic N) is 1. The number of thioether (sulfide) groups is 1. The number of amides is 1. The number of rotatable bonds is 6. The van der Waals surface area contributed by atoms with Crippen molar-refractivity contribution in [3.05, 3.63) is 57.5 Å². The van der Waals surface area contributed by atoms with E-state index in [0.717, 1.165) is 20.7 Å². The highest BCUT2D eigenvalue weighted by Gasteiger charge is 2.14. The normalized spacial score (nSPS) is 12.6. The van der Waals surface area contributed by atoms with Crippen molar-refractivity contribution in [3.8, 4) is 5.75 Å². The van der Waals surface area contributed by atoms with Gasteiger partial charge in [-0.15, -0.1) is 11.8 Å². The number of nitrogens with one attached hydrogen (secondary N) is 1. The molecule has 1 N–H and O–H groups in total. The summed E-state index contributed by atoms with van der Waals surface area (Å²) in [5.74, 6) is 0.584. The molecule has 0 aliphatic heterocycles. The molecule has 7 heteroatoms. The number of hydrazone groups is 1. The minimum absolute atomic E-state index is 0.160. The van der Waals surface area contributed by atoms with Crippen LogP contribution in [0.5, 0.6) is 5.75 Å². The van der Waals surface area contributed by atoms with Crippen molar-refractivity contribution < 1.29 is 9.53 Å². The molecule has 132 valence electrons. The van der Waals surface area contributed by atoms with Crippen molar-refractivity contribution in [2.24, 2.45) is 5.10 Å². The Balaban J connectivity index is 1.98. The monoisotopic (exact) mass is 440 g/mol. The van der Waals surface area contributed by atoms with Gasteiger partial charge in [-0.3, -0.25) is 4.79 Å². The van der Waals surface area contributed by atoms with E-state index < -0.39 is 0 Å². The fraction of sp³-hybridized carbons (Fsp3) is 0.222. The summed E-state index contributed by atoms with van der Waals surface area (Å²) in [5.41, 5.74) is 4.22. The first-order valence-electron chi connectivity index (χ1n) is 7.51. The summed E-state index contributed by atoms with van der Waals surface area (Å²) in [4.78, 5) is 13.2. The van der Waals surface area contributed by atoms with Crippen molar-refractivity contribution in [1.29, 1.82) is 0 Å². The lowest BCUT2D eigenvalue weighted by Crippen LogP contribution is -2.27. The molecule has 1 atom stereocenters. The number of methoxy groups -OCH3 is 1. The average Bonchev–Trinajstić information content (AvgIpc) is 2.61. The van der Waals surface area contributed by atoms with Crippen molar-refractivity contribution in [3.63, 3.8) is 0 Å². The minimum Gasteiger partial charge on any atom is -0.496 e. The van der Waals surface area contributed by atoms with E-state index in [4.69, 9.17) is 16.3 Å². The summed E-state index contributed by atoms with van der Waals surface area (Å²) in [6.45, 7) is 3.68. The fourth-order valence-corrected chi connectivity index (χ4v) is 3.48. The Hall–Kier alpha value is -1.50. The maximum Gasteiger partial charge on any atom is 0.253 e. The first-order valence-corrected chi connectivity index (χ1v) is 9.56. The third kappa shape index (κ3) is 5.76. The van der Waals surface area contributed by atoms with Crippen LogP contribution in [0.3, 0.4) is 0 Å². The van der Waals surface area contributed by atoms with Crippen LogP contribution in [0.4, 0.5) is 0 Å². The minimum atomic E-state index is -0.277. The van der Waals surface area contributed by atoms with Gasteiger partial charge >= 0.3 is 0 Å². The van der Waals surface area contributed by atoms with Gasteiger partial charge in [-0.25, -0.2) is 5.43 Å². The molecule has 0 unspecified atom stereocenters. The number of carbonyl (C=O) groups excluding carboxylic acids is 1. The lowest BCUT2D eigenvalue weighted by Gasteiger charge is -2.10. The Morgan fingerprint density at radius 1 is 1.28 bits per heavy atom. The predicted molar refractivity (Wildman–Crippen MR) is 108 cm³/mol. The molecule has 25 heavy (non-hydrogen) atoms. The van der Waals surface area contributed by atoms with Crippen LogP contribution in [-0.2, 0) is 4.79 Å². The molecule has 0 fully saturated rings. The SMILES string of the molecule is COc1ccc(/C(C)=N\NC(=O)[C@H](C)Sc2ccc(Cl)cc2)cc1Br. The molecule has 2 aromatic carbocycles. The Kier molecular flexibility index (Phi) is 7.35. The van der Waals surface area contributed by atoms with Crippen molar-refractivity contribution in [2.45, 2.75) is 24.0 Å². The summed E-state index contributed by atoms with van der Waals surface area (Å²) in [5, 5.41) is 4.58. The highest BCUT2D eigenvalue weighted by molar-refractivity contribution is 9.10. The first-order chi connectivity index (χ1) is 11.9. The van der Waals surface area contributed by atoms with Crippen molar-refractivity contribution >= 4 is 50.9 Å². The van der Waals surface area contributed by atoms with Gasteiger partial charge in [0, 0.05) is 9.92 Å². The van der Waals surface area contributed by atoms with Gasteiger partial charge in [0.25, 0.3) is 5.91 Å². The zero-order valence-electron chi connectivity index (χ0n) is 14.0. The van der Waals surface area contributed by atoms with E-state index >= 15 is 0 Å². The molecule has 0 saturated heterocycles. The van der Waals surface area contributed by atoms with Gasteiger partial charge in [-0.05, 0) is 77.8 Å². The molecule has 1 amide bonds. The Morgan fingerprint density at radius 3 is 2.56 bits per heavy atom. The molecular formula is C18H18BrClN2O2S. The number of hydrogen-bond donors (Lipinski definition) is 1. The average molecular weight is 442 g/mol. The van der Waals surface area contributed by atoms with E-state index in [-0.39, 0.29) is 11.2 Å². The largest absolute Gasteiger partial charge is 0.496 e. The van der Waals surface area contributed by atoms with Crippen LogP contribution in [0, 0.1) is 0 Å². The van der Waals surface area contributed by atoms with Gasteiger partial charge in [0.05, 0.1) is 22.5 Å². The van der Waals surface area contributed by atoms with E-state index in [1.165, 1.54) is 11.8 Å². The maximum absolute atomic E-state index is 12.2. The zero-order chi connectivity index (χ0) is 18.4. The molecule has 2 aromatic rings. The van der Waals surface area contributed by atoms with Crippen LogP contribution >= 0.6 is 39.3 Å². The Labute approximate surface area is 165 Å². The molecule has 0 aliphatic rings. The molecule has 0 heterocycles. The van der Waals surface area contributed by atoms with Crippen molar-refractivity contribution in [1.82, 2.24) is 5.43 Å². The molecule has 0 aliphatic carbocycles. The van der Waals surface area contributed by atoms with Crippen LogP contribution in [0.15, 0.2) is 56.9 Å². The van der Waals surface area contributed by atoms with Gasteiger partial charge in [0.15, 0.2) is 0 Å². The summed E-state index contributed by atoms with van der Waals surface area (Å²) < 4.78 is 6.04. The van der Waals surface area contributed by atoms with E-state index in [9.17, 15) is 4.79 Å². The maximum atomic E-state index is 12.2. The zero-order valence-corrected chi connectivity index (χ0v) is 17.2. The van der Waals surface area contributed by atoms with Crippen LogP contribution < -0.4 is 10.2 Å². The number of hydrogen-bond acceptors (Lipinski definition) is 4. The summed E-state index contributed by atoms with van der Waals surface area (Å²) >= 11 is 10.8. The van der Waals surface area contributed by atoms with E-state index in [1.807, 2.05) is 44.2 Å². The standard InChI is InChI=1S/C18H18BrClN2O2S/c1-11(13-4-9-17(24-3)16(19)10-13)21-22-18(23)12(2)25-15-7-5-14(20)6-8-15/h4-10,12H,1-3H3,(H,22,23)/b21-11-/t12-/m0/s1. The van der Waals surface area contributed by atoms with Gasteiger partial charge in [-0.1, -0.05) is 11.6 Å². The van der Waals surface area contributed by atoms with Gasteiger partial charge < -0.3 is 4.74 Å². The summed E-state index contributed by atoms with van der Waals surface area (Å²) in [7, 11) is 1.61. The highest BCUT2D eigenvalue weighted by Crippen LogP contribution is 2.26. The molecule has 2 rings (SSSR count). The molecule has 0 aromatic heterocycles.